The van der Waals surface area contributed by atoms with E-state index in [1.54, 1.807) is 13.0 Å². The summed E-state index contributed by atoms with van der Waals surface area (Å²) < 4.78 is 16.7. The quantitative estimate of drug-likeness (QED) is 0.307. The molecular formula is C26H23ClFN5O2. The molecule has 0 radical (unpaired) electrons. The van der Waals surface area contributed by atoms with Gasteiger partial charge in [-0.05, 0) is 56.5 Å². The van der Waals surface area contributed by atoms with Gasteiger partial charge in [0.2, 0.25) is 0 Å². The number of pyridine rings is 1. The van der Waals surface area contributed by atoms with Crippen LogP contribution < -0.4 is 5.73 Å². The molecule has 0 saturated carbocycles. The van der Waals surface area contributed by atoms with E-state index in [0.29, 0.717) is 35.0 Å². The molecule has 3 heterocycles. The van der Waals surface area contributed by atoms with Crippen molar-refractivity contribution in [2.45, 2.75) is 32.7 Å². The molecule has 9 heteroatoms. The zero-order chi connectivity index (χ0) is 24.9. The van der Waals surface area contributed by atoms with Crippen LogP contribution in [0.4, 0.5) is 10.2 Å². The Bertz CT molecular complexity index is 1530. The molecule has 178 valence electrons. The molecule has 0 fully saturated rings. The zero-order valence-corrected chi connectivity index (χ0v) is 20.0. The smallest absolute Gasteiger partial charge is 0.144 e. The molecule has 7 nitrogen and oxygen atoms in total. The van der Waals surface area contributed by atoms with Crippen molar-refractivity contribution in [3.8, 4) is 0 Å². The van der Waals surface area contributed by atoms with E-state index in [1.807, 2.05) is 29.8 Å². The van der Waals surface area contributed by atoms with Gasteiger partial charge < -0.3 is 19.9 Å². The monoisotopic (exact) mass is 491 g/mol. The molecule has 3 aromatic heterocycles. The van der Waals surface area contributed by atoms with Gasteiger partial charge in [0.05, 0.1) is 33.6 Å². The number of benzene rings is 1. The summed E-state index contributed by atoms with van der Waals surface area (Å²) in [5.74, 6) is -0.904. The highest BCUT2D eigenvalue weighted by Crippen LogP contribution is 2.49. The van der Waals surface area contributed by atoms with Crippen LogP contribution in [0.3, 0.4) is 0 Å². The first-order chi connectivity index (χ1) is 16.8. The van der Waals surface area contributed by atoms with Gasteiger partial charge >= 0.3 is 0 Å². The Morgan fingerprint density at radius 1 is 1.20 bits per heavy atom. The van der Waals surface area contributed by atoms with Crippen LogP contribution in [0.15, 0.2) is 48.4 Å². The first-order valence-electron chi connectivity index (χ1n) is 11.2. The maximum atomic E-state index is 14.8. The number of hydrogen-bond donors (Lipinski definition) is 1. The van der Waals surface area contributed by atoms with Crippen LogP contribution in [-0.2, 0) is 16.0 Å². The van der Waals surface area contributed by atoms with Crippen molar-refractivity contribution in [3.05, 3.63) is 70.5 Å². The Kier molecular flexibility index (Phi) is 5.63. The molecule has 35 heavy (non-hydrogen) atoms. The van der Waals surface area contributed by atoms with Crippen molar-refractivity contribution >= 4 is 51.9 Å². The topological polar surface area (TPSA) is 104 Å². The fourth-order valence-corrected chi connectivity index (χ4v) is 5.23. The summed E-state index contributed by atoms with van der Waals surface area (Å²) in [5, 5.41) is 1.39. The average molecular weight is 492 g/mol. The highest BCUT2D eigenvalue weighted by molar-refractivity contribution is 6.33. The number of aromatic nitrogens is 4. The van der Waals surface area contributed by atoms with Gasteiger partial charge in [0.1, 0.15) is 36.2 Å². The first kappa shape index (κ1) is 23.1. The van der Waals surface area contributed by atoms with Gasteiger partial charge in [-0.25, -0.2) is 19.3 Å². The second kappa shape index (κ2) is 8.53. The molecule has 0 spiro atoms. The molecule has 1 aromatic carbocycles. The van der Waals surface area contributed by atoms with Crippen molar-refractivity contribution in [2.75, 3.05) is 5.73 Å². The summed E-state index contributed by atoms with van der Waals surface area (Å²) in [6, 6.07) is 6.22. The number of aldehydes is 2. The third-order valence-corrected chi connectivity index (χ3v) is 7.46. The zero-order valence-electron chi connectivity index (χ0n) is 19.2. The lowest BCUT2D eigenvalue weighted by molar-refractivity contribution is -0.123. The van der Waals surface area contributed by atoms with Crippen molar-refractivity contribution < 1.29 is 14.0 Å². The Labute approximate surface area is 205 Å². The van der Waals surface area contributed by atoms with E-state index in [0.717, 1.165) is 29.2 Å². The Morgan fingerprint density at radius 3 is 2.74 bits per heavy atom. The van der Waals surface area contributed by atoms with Crippen LogP contribution >= 0.6 is 11.6 Å². The Hall–Kier alpha value is -3.65. The molecule has 1 aliphatic rings. The summed E-state index contributed by atoms with van der Waals surface area (Å²) in [4.78, 5) is 37.4. The third-order valence-electron chi connectivity index (χ3n) is 7.15. The molecule has 3 atom stereocenters. The largest absolute Gasteiger partial charge is 0.382 e. The van der Waals surface area contributed by atoms with E-state index in [-0.39, 0.29) is 16.9 Å². The normalized spacial score (nSPS) is 22.0. The number of fused-ring (bicyclic) bond motifs is 2. The number of nitrogens with zero attached hydrogens (tertiary/aromatic N) is 4. The van der Waals surface area contributed by atoms with Crippen molar-refractivity contribution in [1.82, 2.24) is 19.5 Å². The number of aryl methyl sites for hydroxylation is 2. The molecule has 0 saturated heterocycles. The van der Waals surface area contributed by atoms with E-state index in [9.17, 15) is 14.0 Å². The fourth-order valence-electron chi connectivity index (χ4n) is 5.08. The average Bonchev–Trinajstić information content (AvgIpc) is 3.38. The summed E-state index contributed by atoms with van der Waals surface area (Å²) >= 11 is 5.99. The number of nitrogens with two attached hydrogens (primary N) is 1. The number of halogens is 2. The van der Waals surface area contributed by atoms with E-state index < -0.39 is 17.2 Å². The van der Waals surface area contributed by atoms with Crippen LogP contribution in [0.25, 0.3) is 21.9 Å². The van der Waals surface area contributed by atoms with E-state index in [1.165, 1.54) is 18.5 Å². The number of anilines is 1. The van der Waals surface area contributed by atoms with E-state index in [2.05, 4.69) is 15.0 Å². The molecule has 1 aliphatic carbocycles. The highest BCUT2D eigenvalue weighted by Gasteiger charge is 2.47. The second-order valence-electron chi connectivity index (χ2n) is 9.16. The van der Waals surface area contributed by atoms with Crippen LogP contribution in [0.1, 0.15) is 30.6 Å². The molecule has 4 aromatic rings. The lowest BCUT2D eigenvalue weighted by atomic mass is 9.75. The number of hydrogen-bond acceptors (Lipinski definition) is 6. The third kappa shape index (κ3) is 3.69. The number of nitrogen functional groups attached to an aromatic ring is 1. The van der Waals surface area contributed by atoms with Gasteiger partial charge in [-0.15, -0.1) is 0 Å². The van der Waals surface area contributed by atoms with Crippen LogP contribution in [0, 0.1) is 24.1 Å². The fraction of sp³-hybridized carbons (Fsp3) is 0.269. The molecule has 0 bridgehead atoms. The number of carbonyl (C=O) groups is 2. The van der Waals surface area contributed by atoms with Crippen molar-refractivity contribution in [2.24, 2.45) is 11.3 Å². The van der Waals surface area contributed by atoms with E-state index in [4.69, 9.17) is 17.3 Å². The first-order valence-corrected chi connectivity index (χ1v) is 11.6. The number of carbonyl (C=O) groups excluding carboxylic acids is 2. The van der Waals surface area contributed by atoms with Gasteiger partial charge in [-0.3, -0.25) is 0 Å². The van der Waals surface area contributed by atoms with Crippen LogP contribution in [-0.4, -0.2) is 32.1 Å². The predicted molar refractivity (Wildman–Crippen MR) is 133 cm³/mol. The van der Waals surface area contributed by atoms with Gasteiger partial charge in [-0.2, -0.15) is 0 Å². The second-order valence-corrected chi connectivity index (χ2v) is 9.57. The molecule has 5 rings (SSSR count). The minimum absolute atomic E-state index is 0.136. The standard InChI is InChI=1S/C26H23ClFN5O2/c1-14-17-5-6-33(25(17)31-13-30-14)23-9-16(26(2,12-35)19(23)11-34)4-3-15-7-21(28)18-10-20(27)24(29)32-22(18)8-15/h5-13,19,23H,3-4H2,1-2H3,(H2,29,32)/t19-,23-,26+/m1/s1. The Balaban J connectivity index is 1.50. The van der Waals surface area contributed by atoms with Crippen LogP contribution in [0.2, 0.25) is 5.02 Å². The lowest BCUT2D eigenvalue weighted by Gasteiger charge is -2.29. The Morgan fingerprint density at radius 2 is 2.00 bits per heavy atom. The van der Waals surface area contributed by atoms with Gasteiger partial charge in [0.15, 0.2) is 0 Å². The summed E-state index contributed by atoms with van der Waals surface area (Å²) in [5.41, 5.74) is 8.30. The summed E-state index contributed by atoms with van der Waals surface area (Å²) in [6.45, 7) is 3.68. The lowest BCUT2D eigenvalue weighted by Crippen LogP contribution is -2.32. The van der Waals surface area contributed by atoms with Crippen molar-refractivity contribution in [3.63, 3.8) is 0 Å². The molecule has 0 unspecified atom stereocenters. The summed E-state index contributed by atoms with van der Waals surface area (Å²) in [7, 11) is 0. The SMILES string of the molecule is Cc1ncnc2c1ccn2[C@@H]1C=C(CCc2cc(F)c3cc(Cl)c(N)nc3c2)[C@](C)(C=O)[C@@H]1C=O. The van der Waals surface area contributed by atoms with Crippen molar-refractivity contribution in [1.29, 1.82) is 0 Å². The minimum atomic E-state index is -0.989. The molecule has 2 N–H and O–H groups in total. The molecular weight excluding hydrogens is 469 g/mol. The molecule has 0 aliphatic heterocycles. The van der Waals surface area contributed by atoms with E-state index >= 15 is 0 Å². The molecule has 0 amide bonds. The number of allylic oxidation sites excluding steroid dienone is 2. The maximum Gasteiger partial charge on any atom is 0.144 e. The summed E-state index contributed by atoms with van der Waals surface area (Å²) in [6.07, 6.45) is 7.94. The van der Waals surface area contributed by atoms with Gasteiger partial charge in [-0.1, -0.05) is 23.3 Å². The number of rotatable bonds is 6. The van der Waals surface area contributed by atoms with Gasteiger partial charge in [0.25, 0.3) is 0 Å². The highest BCUT2D eigenvalue weighted by atomic mass is 35.5. The van der Waals surface area contributed by atoms with Crippen LogP contribution in [0.5, 0.6) is 0 Å². The van der Waals surface area contributed by atoms with Gasteiger partial charge in [0, 0.05) is 17.0 Å². The predicted octanol–water partition coefficient (Wildman–Crippen LogP) is 4.80. The minimum Gasteiger partial charge on any atom is -0.382 e. The maximum absolute atomic E-state index is 14.8.